The molecule has 0 amide bonds. The van der Waals surface area contributed by atoms with Crippen LogP contribution in [-0.4, -0.2) is 31.6 Å². The van der Waals surface area contributed by atoms with Crippen molar-refractivity contribution in [1.82, 2.24) is 10.2 Å². The Labute approximate surface area is 124 Å². The average Bonchev–Trinajstić information content (AvgIpc) is 2.64. The van der Waals surface area contributed by atoms with Crippen molar-refractivity contribution < 1.29 is 0 Å². The number of nitrogens with zero attached hydrogens (tertiary/aromatic N) is 1. The summed E-state index contributed by atoms with van der Waals surface area (Å²) < 4.78 is 0. The molecule has 2 rings (SSSR count). The predicted octanol–water partition coefficient (Wildman–Crippen LogP) is 3.69. The van der Waals surface area contributed by atoms with Crippen molar-refractivity contribution in [3.05, 3.63) is 34.9 Å². The summed E-state index contributed by atoms with van der Waals surface area (Å²) in [6.07, 6.45) is 4.05. The SMILES string of the molecule is CCN1CCCCC(CNC)C1c1cc(C)ccc1C. The maximum atomic E-state index is 3.42. The first-order valence-corrected chi connectivity index (χ1v) is 8.13. The average molecular weight is 274 g/mol. The van der Waals surface area contributed by atoms with Crippen LogP contribution in [0.3, 0.4) is 0 Å². The first kappa shape index (κ1) is 15.5. The second-order valence-corrected chi connectivity index (χ2v) is 6.25. The lowest BCUT2D eigenvalue weighted by atomic mass is 9.86. The van der Waals surface area contributed by atoms with Crippen LogP contribution in [0.25, 0.3) is 0 Å². The Hall–Kier alpha value is -0.860. The summed E-state index contributed by atoms with van der Waals surface area (Å²) >= 11 is 0. The zero-order valence-electron chi connectivity index (χ0n) is 13.6. The van der Waals surface area contributed by atoms with Crippen molar-refractivity contribution in [2.45, 2.75) is 46.1 Å². The Bertz CT molecular complexity index is 427. The van der Waals surface area contributed by atoms with Crippen LogP contribution in [0.15, 0.2) is 18.2 Å². The Morgan fingerprint density at radius 1 is 1.25 bits per heavy atom. The van der Waals surface area contributed by atoms with E-state index in [2.05, 4.69) is 56.2 Å². The van der Waals surface area contributed by atoms with Gasteiger partial charge in [-0.15, -0.1) is 0 Å². The molecule has 0 spiro atoms. The van der Waals surface area contributed by atoms with Gasteiger partial charge in [-0.2, -0.15) is 0 Å². The maximum Gasteiger partial charge on any atom is 0.0390 e. The summed E-state index contributed by atoms with van der Waals surface area (Å²) in [5.74, 6) is 0.725. The molecule has 0 bridgehead atoms. The van der Waals surface area contributed by atoms with Crippen molar-refractivity contribution in [2.75, 3.05) is 26.7 Å². The van der Waals surface area contributed by atoms with Crippen LogP contribution in [0.4, 0.5) is 0 Å². The molecule has 2 nitrogen and oxygen atoms in total. The maximum absolute atomic E-state index is 3.42. The van der Waals surface area contributed by atoms with E-state index in [9.17, 15) is 0 Å². The zero-order valence-corrected chi connectivity index (χ0v) is 13.6. The molecule has 1 aromatic rings. The summed E-state index contributed by atoms with van der Waals surface area (Å²) in [6, 6.07) is 7.52. The molecule has 112 valence electrons. The Balaban J connectivity index is 2.40. The highest BCUT2D eigenvalue weighted by molar-refractivity contribution is 5.33. The third-order valence-electron chi connectivity index (χ3n) is 4.74. The van der Waals surface area contributed by atoms with E-state index in [4.69, 9.17) is 0 Å². The molecule has 1 aromatic carbocycles. The molecule has 2 heteroatoms. The molecule has 1 aliphatic rings. The summed E-state index contributed by atoms with van der Waals surface area (Å²) in [5, 5.41) is 3.42. The van der Waals surface area contributed by atoms with Crippen LogP contribution in [0.2, 0.25) is 0 Å². The molecule has 0 radical (unpaired) electrons. The van der Waals surface area contributed by atoms with Gasteiger partial charge in [-0.1, -0.05) is 37.1 Å². The molecule has 0 saturated carbocycles. The quantitative estimate of drug-likeness (QED) is 0.901. The zero-order chi connectivity index (χ0) is 14.5. The number of nitrogens with one attached hydrogen (secondary N) is 1. The highest BCUT2D eigenvalue weighted by atomic mass is 15.2. The van der Waals surface area contributed by atoms with Crippen LogP contribution >= 0.6 is 0 Å². The van der Waals surface area contributed by atoms with Crippen LogP contribution in [-0.2, 0) is 0 Å². The second kappa shape index (κ2) is 7.24. The number of benzene rings is 1. The van der Waals surface area contributed by atoms with Gasteiger partial charge in [-0.25, -0.2) is 0 Å². The summed E-state index contributed by atoms with van der Waals surface area (Å²) in [6.45, 7) is 10.3. The van der Waals surface area contributed by atoms with E-state index in [0.717, 1.165) is 19.0 Å². The monoisotopic (exact) mass is 274 g/mol. The van der Waals surface area contributed by atoms with E-state index in [1.807, 2.05) is 0 Å². The smallest absolute Gasteiger partial charge is 0.0390 e. The Morgan fingerprint density at radius 2 is 2.05 bits per heavy atom. The van der Waals surface area contributed by atoms with Gasteiger partial charge >= 0.3 is 0 Å². The molecule has 1 aliphatic heterocycles. The molecule has 0 aromatic heterocycles. The van der Waals surface area contributed by atoms with Gasteiger partial charge in [0, 0.05) is 6.04 Å². The van der Waals surface area contributed by atoms with Gasteiger partial charge in [-0.3, -0.25) is 4.90 Å². The third-order valence-corrected chi connectivity index (χ3v) is 4.74. The summed E-state index contributed by atoms with van der Waals surface area (Å²) in [7, 11) is 2.08. The normalized spacial score (nSPS) is 24.6. The number of hydrogen-bond donors (Lipinski definition) is 1. The topological polar surface area (TPSA) is 15.3 Å². The van der Waals surface area contributed by atoms with Gasteiger partial charge < -0.3 is 5.32 Å². The molecular weight excluding hydrogens is 244 g/mol. The van der Waals surface area contributed by atoms with E-state index in [-0.39, 0.29) is 0 Å². The van der Waals surface area contributed by atoms with Gasteiger partial charge in [0.05, 0.1) is 0 Å². The molecular formula is C18H30N2. The fraction of sp³-hybridized carbons (Fsp3) is 0.667. The molecule has 0 aliphatic carbocycles. The van der Waals surface area contributed by atoms with E-state index >= 15 is 0 Å². The lowest BCUT2D eigenvalue weighted by Crippen LogP contribution is -2.36. The summed E-state index contributed by atoms with van der Waals surface area (Å²) in [4.78, 5) is 2.69. The first-order chi connectivity index (χ1) is 9.67. The minimum absolute atomic E-state index is 0.579. The van der Waals surface area contributed by atoms with Crippen molar-refractivity contribution in [3.8, 4) is 0 Å². The van der Waals surface area contributed by atoms with Crippen LogP contribution < -0.4 is 5.32 Å². The summed E-state index contributed by atoms with van der Waals surface area (Å²) in [5.41, 5.74) is 4.38. The van der Waals surface area contributed by atoms with Crippen LogP contribution in [0.1, 0.15) is 48.9 Å². The predicted molar refractivity (Wildman–Crippen MR) is 87.2 cm³/mol. The third kappa shape index (κ3) is 3.42. The fourth-order valence-electron chi connectivity index (χ4n) is 3.68. The first-order valence-electron chi connectivity index (χ1n) is 8.13. The minimum Gasteiger partial charge on any atom is -0.319 e. The highest BCUT2D eigenvalue weighted by Crippen LogP contribution is 2.36. The lowest BCUT2D eigenvalue weighted by Gasteiger charge is -2.36. The van der Waals surface area contributed by atoms with Crippen molar-refractivity contribution in [1.29, 1.82) is 0 Å². The van der Waals surface area contributed by atoms with Crippen LogP contribution in [0, 0.1) is 19.8 Å². The van der Waals surface area contributed by atoms with E-state index in [1.54, 1.807) is 5.56 Å². The number of likely N-dealkylation sites (tertiary alicyclic amines) is 1. The van der Waals surface area contributed by atoms with Crippen molar-refractivity contribution >= 4 is 0 Å². The highest BCUT2D eigenvalue weighted by Gasteiger charge is 2.30. The van der Waals surface area contributed by atoms with E-state index in [0.29, 0.717) is 6.04 Å². The molecule has 1 heterocycles. The molecule has 20 heavy (non-hydrogen) atoms. The van der Waals surface area contributed by atoms with Crippen molar-refractivity contribution in [2.24, 2.45) is 5.92 Å². The van der Waals surface area contributed by atoms with E-state index in [1.165, 1.54) is 36.9 Å². The van der Waals surface area contributed by atoms with Gasteiger partial charge in [0.2, 0.25) is 0 Å². The molecule has 1 saturated heterocycles. The standard InChI is InChI=1S/C18H30N2/c1-5-20-11-7-6-8-16(13-19-4)18(20)17-12-14(2)9-10-15(17)3/h9-10,12,16,18-19H,5-8,11,13H2,1-4H3. The molecule has 1 fully saturated rings. The number of aryl methyl sites for hydroxylation is 2. The van der Waals surface area contributed by atoms with Gasteiger partial charge in [-0.05, 0) is 70.4 Å². The molecule has 2 atom stereocenters. The molecule has 2 unspecified atom stereocenters. The molecule has 1 N–H and O–H groups in total. The van der Waals surface area contributed by atoms with Crippen molar-refractivity contribution in [3.63, 3.8) is 0 Å². The number of rotatable bonds is 4. The Kier molecular flexibility index (Phi) is 5.62. The Morgan fingerprint density at radius 3 is 2.75 bits per heavy atom. The second-order valence-electron chi connectivity index (χ2n) is 6.25. The van der Waals surface area contributed by atoms with Crippen LogP contribution in [0.5, 0.6) is 0 Å². The lowest BCUT2D eigenvalue weighted by molar-refractivity contribution is 0.162. The number of hydrogen-bond acceptors (Lipinski definition) is 2. The van der Waals surface area contributed by atoms with Gasteiger partial charge in [0.1, 0.15) is 0 Å². The van der Waals surface area contributed by atoms with E-state index < -0.39 is 0 Å². The minimum atomic E-state index is 0.579. The van der Waals surface area contributed by atoms with Gasteiger partial charge in [0.15, 0.2) is 0 Å². The fourth-order valence-corrected chi connectivity index (χ4v) is 3.68. The largest absolute Gasteiger partial charge is 0.319 e. The van der Waals surface area contributed by atoms with Gasteiger partial charge in [0.25, 0.3) is 0 Å².